The topological polar surface area (TPSA) is 46.2 Å². The van der Waals surface area contributed by atoms with Crippen molar-refractivity contribution >= 4 is 34.2 Å². The standard InChI is InChI=1S/C13H6FNO2S2/c14-6-1-2-7-8-3-4-18-10(8)13(9(7)5-6)11(16)15-12(17)19-13/h1-5H,(H,15,16,17). The third kappa shape index (κ3) is 1.23. The summed E-state index contributed by atoms with van der Waals surface area (Å²) in [5.41, 5.74) is 2.31. The molecule has 1 N–H and O–H groups in total. The van der Waals surface area contributed by atoms with E-state index in [2.05, 4.69) is 5.32 Å². The van der Waals surface area contributed by atoms with Crippen molar-refractivity contribution in [2.75, 3.05) is 0 Å². The first-order valence-corrected chi connectivity index (χ1v) is 7.25. The van der Waals surface area contributed by atoms with Gasteiger partial charge in [-0.1, -0.05) is 6.07 Å². The molecule has 3 nitrogen and oxygen atoms in total. The molecular formula is C13H6FNO2S2. The zero-order chi connectivity index (χ0) is 13.2. The maximum absolute atomic E-state index is 13.5. The minimum absolute atomic E-state index is 0.379. The number of fused-ring (bicyclic) bond motifs is 5. The molecule has 1 aromatic carbocycles. The summed E-state index contributed by atoms with van der Waals surface area (Å²) in [6.45, 7) is 0. The van der Waals surface area contributed by atoms with E-state index >= 15 is 0 Å². The Hall–Kier alpha value is -1.66. The molecule has 6 heteroatoms. The minimum Gasteiger partial charge on any atom is -0.285 e. The summed E-state index contributed by atoms with van der Waals surface area (Å²) in [5, 5.41) is 3.81. The Morgan fingerprint density at radius 3 is 2.74 bits per heavy atom. The van der Waals surface area contributed by atoms with Crippen molar-refractivity contribution in [1.82, 2.24) is 5.32 Å². The van der Waals surface area contributed by atoms with Crippen LogP contribution in [0.15, 0.2) is 29.6 Å². The van der Waals surface area contributed by atoms with Crippen molar-refractivity contribution in [3.05, 3.63) is 45.9 Å². The quantitative estimate of drug-likeness (QED) is 0.811. The molecule has 94 valence electrons. The van der Waals surface area contributed by atoms with Gasteiger partial charge >= 0.3 is 0 Å². The van der Waals surface area contributed by atoms with Gasteiger partial charge in [0.25, 0.3) is 11.1 Å². The maximum Gasteiger partial charge on any atom is 0.287 e. The molecule has 1 aliphatic heterocycles. The van der Waals surface area contributed by atoms with E-state index in [0.29, 0.717) is 5.56 Å². The third-order valence-electron chi connectivity index (χ3n) is 3.42. The van der Waals surface area contributed by atoms with Crippen LogP contribution in [0.5, 0.6) is 0 Å². The fourth-order valence-corrected chi connectivity index (χ4v) is 5.01. The van der Waals surface area contributed by atoms with Crippen LogP contribution in [0.1, 0.15) is 10.4 Å². The van der Waals surface area contributed by atoms with Gasteiger partial charge in [-0.15, -0.1) is 11.3 Å². The normalized spacial score (nSPS) is 23.6. The Kier molecular flexibility index (Phi) is 2.04. The molecule has 2 aliphatic rings. The van der Waals surface area contributed by atoms with Crippen LogP contribution in [0.25, 0.3) is 11.1 Å². The van der Waals surface area contributed by atoms with Crippen molar-refractivity contribution in [2.24, 2.45) is 0 Å². The molecule has 1 spiro atoms. The molecular weight excluding hydrogens is 285 g/mol. The van der Waals surface area contributed by atoms with Gasteiger partial charge in [-0.25, -0.2) is 4.39 Å². The highest BCUT2D eigenvalue weighted by atomic mass is 32.2. The second-order valence-corrected chi connectivity index (χ2v) is 6.48. The molecule has 1 saturated heterocycles. The predicted molar refractivity (Wildman–Crippen MR) is 71.6 cm³/mol. The van der Waals surface area contributed by atoms with Gasteiger partial charge in [-0.05, 0) is 52.0 Å². The Balaban J connectivity index is 2.11. The van der Waals surface area contributed by atoms with Gasteiger partial charge in [0.15, 0.2) is 4.75 Å². The summed E-state index contributed by atoms with van der Waals surface area (Å²) in [6, 6.07) is 6.30. The monoisotopic (exact) mass is 291 g/mol. The van der Waals surface area contributed by atoms with E-state index < -0.39 is 10.6 Å². The lowest BCUT2D eigenvalue weighted by Gasteiger charge is -2.19. The minimum atomic E-state index is -1.10. The molecule has 2 amide bonds. The number of benzene rings is 1. The highest BCUT2D eigenvalue weighted by molar-refractivity contribution is 8.16. The van der Waals surface area contributed by atoms with Crippen LogP contribution in [0.4, 0.5) is 9.18 Å². The number of hydrogen-bond acceptors (Lipinski definition) is 4. The Morgan fingerprint density at radius 2 is 2.00 bits per heavy atom. The number of nitrogens with one attached hydrogen (secondary N) is 1. The zero-order valence-corrected chi connectivity index (χ0v) is 11.0. The van der Waals surface area contributed by atoms with E-state index in [1.807, 2.05) is 11.4 Å². The number of halogens is 1. The van der Waals surface area contributed by atoms with Crippen LogP contribution >= 0.6 is 23.1 Å². The summed E-state index contributed by atoms with van der Waals surface area (Å²) in [4.78, 5) is 24.7. The first-order chi connectivity index (χ1) is 9.13. The van der Waals surface area contributed by atoms with E-state index in [-0.39, 0.29) is 11.1 Å². The van der Waals surface area contributed by atoms with E-state index in [0.717, 1.165) is 27.8 Å². The predicted octanol–water partition coefficient (Wildman–Crippen LogP) is 3.09. The second kappa shape index (κ2) is 3.46. The fourth-order valence-electron chi connectivity index (χ4n) is 2.68. The molecule has 0 bridgehead atoms. The van der Waals surface area contributed by atoms with Crippen molar-refractivity contribution < 1.29 is 14.0 Å². The maximum atomic E-state index is 13.5. The van der Waals surface area contributed by atoms with Gasteiger partial charge in [0.05, 0.1) is 0 Å². The lowest BCUT2D eigenvalue weighted by molar-refractivity contribution is -0.120. The molecule has 1 aromatic heterocycles. The third-order valence-corrected chi connectivity index (χ3v) is 5.78. The molecule has 0 radical (unpaired) electrons. The summed E-state index contributed by atoms with van der Waals surface area (Å²) in [6.07, 6.45) is 0. The van der Waals surface area contributed by atoms with Crippen molar-refractivity contribution in [3.8, 4) is 11.1 Å². The van der Waals surface area contributed by atoms with Crippen LogP contribution < -0.4 is 5.32 Å². The summed E-state index contributed by atoms with van der Waals surface area (Å²) >= 11 is 2.35. The molecule has 2 aromatic rings. The van der Waals surface area contributed by atoms with E-state index in [4.69, 9.17) is 0 Å². The van der Waals surface area contributed by atoms with Crippen LogP contribution in [0.3, 0.4) is 0 Å². The Labute approximate surface area is 115 Å². The van der Waals surface area contributed by atoms with Gasteiger partial charge in [0, 0.05) is 4.88 Å². The zero-order valence-electron chi connectivity index (χ0n) is 9.40. The average molecular weight is 291 g/mol. The van der Waals surface area contributed by atoms with Crippen molar-refractivity contribution in [1.29, 1.82) is 0 Å². The smallest absolute Gasteiger partial charge is 0.285 e. The van der Waals surface area contributed by atoms with Gasteiger partial charge < -0.3 is 0 Å². The lowest BCUT2D eigenvalue weighted by atomic mass is 9.99. The lowest BCUT2D eigenvalue weighted by Crippen LogP contribution is -2.33. The number of hydrogen-bond donors (Lipinski definition) is 1. The van der Waals surface area contributed by atoms with E-state index in [9.17, 15) is 14.0 Å². The van der Waals surface area contributed by atoms with Gasteiger partial charge in [0.2, 0.25) is 0 Å². The number of thiophene rings is 1. The molecule has 1 unspecified atom stereocenters. The average Bonchev–Trinajstić information content (AvgIpc) is 2.99. The van der Waals surface area contributed by atoms with E-state index in [1.54, 1.807) is 6.07 Å². The molecule has 2 heterocycles. The van der Waals surface area contributed by atoms with Gasteiger partial charge in [0.1, 0.15) is 5.82 Å². The SMILES string of the molecule is O=C1NC(=O)C2(S1)c1cc(F)ccc1-c1ccsc12. The molecule has 1 aliphatic carbocycles. The molecule has 1 fully saturated rings. The Bertz CT molecular complexity index is 755. The number of rotatable bonds is 0. The van der Waals surface area contributed by atoms with Crippen LogP contribution in [-0.4, -0.2) is 11.1 Å². The Morgan fingerprint density at radius 1 is 1.16 bits per heavy atom. The van der Waals surface area contributed by atoms with Gasteiger partial charge in [-0.2, -0.15) is 0 Å². The summed E-state index contributed by atoms with van der Waals surface area (Å²) in [5.74, 6) is -0.781. The van der Waals surface area contributed by atoms with Crippen LogP contribution in [0, 0.1) is 5.82 Å². The number of thioether (sulfide) groups is 1. The van der Waals surface area contributed by atoms with E-state index in [1.165, 1.54) is 23.5 Å². The number of carbonyl (C=O) groups excluding carboxylic acids is 2. The van der Waals surface area contributed by atoms with Gasteiger partial charge in [-0.3, -0.25) is 14.9 Å². The first kappa shape index (κ1) is 11.2. The van der Waals surface area contributed by atoms with Crippen molar-refractivity contribution in [2.45, 2.75) is 4.75 Å². The fraction of sp³-hybridized carbons (Fsp3) is 0.0769. The molecule has 0 saturated carbocycles. The first-order valence-electron chi connectivity index (χ1n) is 5.56. The highest BCUT2D eigenvalue weighted by Gasteiger charge is 2.57. The number of imide groups is 1. The van der Waals surface area contributed by atoms with Crippen LogP contribution in [0.2, 0.25) is 0 Å². The highest BCUT2D eigenvalue weighted by Crippen LogP contribution is 2.59. The van der Waals surface area contributed by atoms with Crippen LogP contribution in [-0.2, 0) is 9.54 Å². The summed E-state index contributed by atoms with van der Waals surface area (Å²) in [7, 11) is 0. The number of amides is 2. The number of carbonyl (C=O) groups is 2. The molecule has 1 atom stereocenters. The second-order valence-electron chi connectivity index (χ2n) is 4.38. The molecule has 19 heavy (non-hydrogen) atoms. The molecule has 4 rings (SSSR count). The largest absolute Gasteiger partial charge is 0.287 e. The van der Waals surface area contributed by atoms with Crippen molar-refractivity contribution in [3.63, 3.8) is 0 Å². The summed E-state index contributed by atoms with van der Waals surface area (Å²) < 4.78 is 12.4.